The molecule has 6 nitrogen and oxygen atoms in total. The lowest BCUT2D eigenvalue weighted by molar-refractivity contribution is 0.0978. The van der Waals surface area contributed by atoms with Crippen LogP contribution in [0, 0.1) is 0 Å². The van der Waals surface area contributed by atoms with Gasteiger partial charge in [0.15, 0.2) is 0 Å². The van der Waals surface area contributed by atoms with Gasteiger partial charge in [-0.2, -0.15) is 0 Å². The second-order valence-corrected chi connectivity index (χ2v) is 12.0. The van der Waals surface area contributed by atoms with Crippen LogP contribution in [-0.2, 0) is 0 Å². The highest BCUT2D eigenvalue weighted by molar-refractivity contribution is 6.09. The summed E-state index contributed by atoms with van der Waals surface area (Å²) in [6, 6.07) is 29.2. The number of benzene rings is 5. The minimum Gasteiger partial charge on any atom is -0.508 e. The van der Waals surface area contributed by atoms with Gasteiger partial charge in [-0.3, -0.25) is 9.59 Å². The molecule has 0 aliphatic heterocycles. The van der Waals surface area contributed by atoms with Gasteiger partial charge in [0.1, 0.15) is 11.5 Å². The monoisotopic (exact) mass is 616 g/mol. The van der Waals surface area contributed by atoms with Crippen LogP contribution in [0.5, 0.6) is 11.5 Å². The van der Waals surface area contributed by atoms with Crippen molar-refractivity contribution in [3.63, 3.8) is 0 Å². The molecule has 5 aromatic rings. The molecule has 0 fully saturated rings. The predicted octanol–water partition coefficient (Wildman–Crippen LogP) is 9.86. The molecule has 46 heavy (non-hydrogen) atoms. The van der Waals surface area contributed by atoms with Crippen molar-refractivity contribution in [2.75, 3.05) is 22.9 Å². The number of rotatable bonds is 14. The zero-order chi connectivity index (χ0) is 32.5. The maximum Gasteiger partial charge on any atom is 0.258 e. The first-order chi connectivity index (χ1) is 22.4. The van der Waals surface area contributed by atoms with Crippen LogP contribution in [0.4, 0.5) is 11.4 Å². The number of fused-ring (bicyclic) bond motifs is 2. The molecular formula is C40H44N2O4. The maximum atomic E-state index is 14.0. The third-order valence-corrected chi connectivity index (χ3v) is 8.58. The Morgan fingerprint density at radius 3 is 1.24 bits per heavy atom. The fourth-order valence-corrected chi connectivity index (χ4v) is 5.95. The molecule has 0 saturated carbocycles. The molecule has 0 aliphatic carbocycles. The summed E-state index contributed by atoms with van der Waals surface area (Å²) < 4.78 is 0. The standard InChI is InChI=1S/C40H44N2O4/c1-3-5-7-9-23-41(39(45)33-13-11-31-27-37(43)21-15-29(31)25-33)35-17-19-36(20-18-35)42(24-10-8-6-4-2)40(46)34-14-12-32-28-38(44)22-16-30(32)26-34/h11-22,25-28,43-44H,3-10,23-24H2,1-2H3. The van der Waals surface area contributed by atoms with E-state index < -0.39 is 0 Å². The van der Waals surface area contributed by atoms with E-state index in [1.807, 2.05) is 82.6 Å². The smallest absolute Gasteiger partial charge is 0.258 e. The van der Waals surface area contributed by atoms with Crippen LogP contribution >= 0.6 is 0 Å². The number of aromatic hydroxyl groups is 2. The number of anilines is 2. The Bertz CT molecular complexity index is 1670. The Morgan fingerprint density at radius 2 is 0.848 bits per heavy atom. The average molecular weight is 617 g/mol. The summed E-state index contributed by atoms with van der Waals surface area (Å²) in [7, 11) is 0. The van der Waals surface area contributed by atoms with E-state index in [0.29, 0.717) is 24.2 Å². The number of phenols is 2. The largest absolute Gasteiger partial charge is 0.508 e. The van der Waals surface area contributed by atoms with E-state index >= 15 is 0 Å². The topological polar surface area (TPSA) is 81.1 Å². The molecule has 0 unspecified atom stereocenters. The highest BCUT2D eigenvalue weighted by Gasteiger charge is 2.21. The maximum absolute atomic E-state index is 14.0. The van der Waals surface area contributed by atoms with Crippen LogP contribution in [0.2, 0.25) is 0 Å². The van der Waals surface area contributed by atoms with Gasteiger partial charge in [-0.1, -0.05) is 76.6 Å². The lowest BCUT2D eigenvalue weighted by Crippen LogP contribution is -2.33. The van der Waals surface area contributed by atoms with Crippen LogP contribution in [0.3, 0.4) is 0 Å². The second-order valence-electron chi connectivity index (χ2n) is 12.0. The van der Waals surface area contributed by atoms with Gasteiger partial charge >= 0.3 is 0 Å². The Balaban J connectivity index is 1.43. The van der Waals surface area contributed by atoms with E-state index in [1.165, 1.54) is 0 Å². The summed E-state index contributed by atoms with van der Waals surface area (Å²) in [6.45, 7) is 5.54. The fraction of sp³-hybridized carbons (Fsp3) is 0.300. The summed E-state index contributed by atoms with van der Waals surface area (Å²) in [6.07, 6.45) is 8.33. The fourth-order valence-electron chi connectivity index (χ4n) is 5.95. The average Bonchev–Trinajstić information content (AvgIpc) is 3.07. The predicted molar refractivity (Wildman–Crippen MR) is 189 cm³/mol. The highest BCUT2D eigenvalue weighted by Crippen LogP contribution is 2.28. The van der Waals surface area contributed by atoms with Crippen LogP contribution in [0.15, 0.2) is 97.1 Å². The van der Waals surface area contributed by atoms with Gasteiger partial charge in [0.2, 0.25) is 0 Å². The van der Waals surface area contributed by atoms with Crippen molar-refractivity contribution in [1.82, 2.24) is 0 Å². The Morgan fingerprint density at radius 1 is 0.478 bits per heavy atom. The molecule has 0 heterocycles. The number of carbonyl (C=O) groups is 2. The SMILES string of the molecule is CCCCCCN(C(=O)c1ccc2cc(O)ccc2c1)c1ccc(N(CCCCCC)C(=O)c2ccc3cc(O)ccc3c2)cc1. The minimum atomic E-state index is -0.0751. The number of phenolic OH excluding ortho intramolecular Hbond substituents is 2. The van der Waals surface area contributed by atoms with Gasteiger partial charge < -0.3 is 20.0 Å². The summed E-state index contributed by atoms with van der Waals surface area (Å²) in [5.74, 6) is 0.244. The Kier molecular flexibility index (Phi) is 10.9. The number of carbonyl (C=O) groups excluding carboxylic acids is 2. The van der Waals surface area contributed by atoms with Crippen molar-refractivity contribution in [2.24, 2.45) is 0 Å². The van der Waals surface area contributed by atoms with Crippen molar-refractivity contribution >= 4 is 44.7 Å². The van der Waals surface area contributed by atoms with Crippen molar-refractivity contribution in [1.29, 1.82) is 0 Å². The van der Waals surface area contributed by atoms with Gasteiger partial charge in [0, 0.05) is 35.6 Å². The van der Waals surface area contributed by atoms with Crippen molar-refractivity contribution < 1.29 is 19.8 Å². The molecule has 0 aliphatic rings. The van der Waals surface area contributed by atoms with Crippen molar-refractivity contribution in [3.05, 3.63) is 108 Å². The zero-order valence-electron chi connectivity index (χ0n) is 26.9. The quantitative estimate of drug-likeness (QED) is 0.122. The van der Waals surface area contributed by atoms with E-state index in [0.717, 1.165) is 84.3 Å². The molecule has 5 aromatic carbocycles. The first kappa shape index (κ1) is 32.6. The normalized spacial score (nSPS) is 11.2. The number of hydrogen-bond donors (Lipinski definition) is 2. The van der Waals surface area contributed by atoms with E-state index in [-0.39, 0.29) is 23.3 Å². The zero-order valence-corrected chi connectivity index (χ0v) is 26.9. The summed E-state index contributed by atoms with van der Waals surface area (Å²) in [5.41, 5.74) is 2.77. The molecule has 6 heteroatoms. The van der Waals surface area contributed by atoms with Gasteiger partial charge in [0.25, 0.3) is 11.8 Å². The van der Waals surface area contributed by atoms with E-state index in [9.17, 15) is 19.8 Å². The van der Waals surface area contributed by atoms with Gasteiger partial charge in [-0.15, -0.1) is 0 Å². The first-order valence-electron chi connectivity index (χ1n) is 16.6. The van der Waals surface area contributed by atoms with Crippen LogP contribution in [0.25, 0.3) is 21.5 Å². The molecule has 238 valence electrons. The number of unbranched alkanes of at least 4 members (excludes halogenated alkanes) is 6. The van der Waals surface area contributed by atoms with Crippen LogP contribution in [-0.4, -0.2) is 35.1 Å². The van der Waals surface area contributed by atoms with Crippen molar-refractivity contribution in [3.8, 4) is 11.5 Å². The second kappa shape index (κ2) is 15.4. The Hall–Kier alpha value is -4.84. The molecule has 0 bridgehead atoms. The van der Waals surface area contributed by atoms with Crippen LogP contribution < -0.4 is 9.80 Å². The van der Waals surface area contributed by atoms with E-state index in [4.69, 9.17) is 0 Å². The summed E-state index contributed by atoms with van der Waals surface area (Å²) in [4.78, 5) is 31.6. The van der Waals surface area contributed by atoms with E-state index in [2.05, 4.69) is 13.8 Å². The molecule has 0 spiro atoms. The van der Waals surface area contributed by atoms with Gasteiger partial charge in [-0.05, 0) is 107 Å². The lowest BCUT2D eigenvalue weighted by Gasteiger charge is -2.26. The van der Waals surface area contributed by atoms with Crippen molar-refractivity contribution in [2.45, 2.75) is 65.2 Å². The lowest BCUT2D eigenvalue weighted by atomic mass is 10.0. The molecule has 0 saturated heterocycles. The summed E-state index contributed by atoms with van der Waals surface area (Å²) >= 11 is 0. The highest BCUT2D eigenvalue weighted by atomic mass is 16.3. The molecule has 0 aromatic heterocycles. The number of amides is 2. The van der Waals surface area contributed by atoms with Crippen LogP contribution in [0.1, 0.15) is 85.9 Å². The third-order valence-electron chi connectivity index (χ3n) is 8.58. The third kappa shape index (κ3) is 7.86. The van der Waals surface area contributed by atoms with Gasteiger partial charge in [0.05, 0.1) is 0 Å². The number of hydrogen-bond acceptors (Lipinski definition) is 4. The van der Waals surface area contributed by atoms with Gasteiger partial charge in [-0.25, -0.2) is 0 Å². The molecular weight excluding hydrogens is 572 g/mol. The molecule has 2 N–H and O–H groups in total. The summed E-state index contributed by atoms with van der Waals surface area (Å²) in [5, 5.41) is 23.3. The van der Waals surface area contributed by atoms with E-state index in [1.54, 1.807) is 24.3 Å². The molecule has 5 rings (SSSR count). The minimum absolute atomic E-state index is 0.0751. The molecule has 0 radical (unpaired) electrons. The molecule has 0 atom stereocenters. The Labute approximate surface area is 271 Å². The number of nitrogens with zero attached hydrogens (tertiary/aromatic N) is 2. The first-order valence-corrected chi connectivity index (χ1v) is 16.6. The molecule has 2 amide bonds.